The quantitative estimate of drug-likeness (QED) is 0.771. The third-order valence-electron chi connectivity index (χ3n) is 2.73. The van der Waals surface area contributed by atoms with Crippen molar-refractivity contribution in [1.29, 1.82) is 0 Å². The first-order chi connectivity index (χ1) is 7.24. The van der Waals surface area contributed by atoms with E-state index in [0.717, 1.165) is 37.7 Å². The molecule has 2 rings (SSSR count). The zero-order chi connectivity index (χ0) is 10.7. The number of rotatable bonds is 2. The molecule has 1 aromatic rings. The van der Waals surface area contributed by atoms with Gasteiger partial charge in [-0.15, -0.1) is 0 Å². The number of piperazine rings is 1. The average molecular weight is 226 g/mol. The van der Waals surface area contributed by atoms with Crippen LogP contribution in [-0.2, 0) is 6.54 Å². The third kappa shape index (κ3) is 3.18. The van der Waals surface area contributed by atoms with Gasteiger partial charge in [-0.1, -0.05) is 23.7 Å². The summed E-state index contributed by atoms with van der Waals surface area (Å²) in [6, 6.07) is 8.04. The van der Waals surface area contributed by atoms with Gasteiger partial charge in [0.2, 0.25) is 0 Å². The van der Waals surface area contributed by atoms with Crippen LogP contribution in [0.1, 0.15) is 5.56 Å². The highest BCUT2D eigenvalue weighted by atomic mass is 35.5. The molecule has 15 heavy (non-hydrogen) atoms. The van der Waals surface area contributed by atoms with Crippen molar-refractivity contribution in [3.63, 3.8) is 0 Å². The summed E-state index contributed by atoms with van der Waals surface area (Å²) in [6.07, 6.45) is 0. The van der Waals surface area contributed by atoms with Crippen LogP contribution >= 0.6 is 11.6 Å². The minimum Gasteiger partial charge on any atom is -0.296 e. The van der Waals surface area contributed by atoms with Gasteiger partial charge in [-0.2, -0.15) is 0 Å². The van der Waals surface area contributed by atoms with Gasteiger partial charge in [0.1, 0.15) is 0 Å². The summed E-state index contributed by atoms with van der Waals surface area (Å²) in [5.74, 6) is 5.70. The molecule has 0 aliphatic carbocycles. The van der Waals surface area contributed by atoms with Gasteiger partial charge >= 0.3 is 0 Å². The molecule has 1 aromatic carbocycles. The van der Waals surface area contributed by atoms with E-state index in [4.69, 9.17) is 17.4 Å². The number of hydrogen-bond acceptors (Lipinski definition) is 3. The summed E-state index contributed by atoms with van der Waals surface area (Å²) in [5, 5.41) is 2.67. The Balaban J connectivity index is 1.89. The van der Waals surface area contributed by atoms with Gasteiger partial charge in [0.15, 0.2) is 0 Å². The van der Waals surface area contributed by atoms with E-state index in [2.05, 4.69) is 17.0 Å². The molecule has 1 fully saturated rings. The molecule has 2 N–H and O–H groups in total. The Bertz CT molecular complexity index is 304. The molecule has 0 aromatic heterocycles. The molecule has 0 bridgehead atoms. The van der Waals surface area contributed by atoms with Crippen LogP contribution in [0.15, 0.2) is 24.3 Å². The van der Waals surface area contributed by atoms with E-state index < -0.39 is 0 Å². The Morgan fingerprint density at radius 3 is 2.27 bits per heavy atom. The zero-order valence-corrected chi connectivity index (χ0v) is 9.45. The molecule has 0 saturated carbocycles. The van der Waals surface area contributed by atoms with Gasteiger partial charge in [-0.3, -0.25) is 10.7 Å². The predicted octanol–water partition coefficient (Wildman–Crippen LogP) is 1.33. The minimum absolute atomic E-state index is 0.797. The molecule has 1 aliphatic heterocycles. The Hall–Kier alpha value is -0.610. The monoisotopic (exact) mass is 225 g/mol. The van der Waals surface area contributed by atoms with Crippen LogP contribution in [0.2, 0.25) is 5.02 Å². The van der Waals surface area contributed by atoms with Gasteiger partial charge in [-0.25, -0.2) is 5.01 Å². The summed E-state index contributed by atoms with van der Waals surface area (Å²) in [5.41, 5.74) is 1.31. The van der Waals surface area contributed by atoms with Crippen molar-refractivity contribution in [3.8, 4) is 0 Å². The highest BCUT2D eigenvalue weighted by Crippen LogP contribution is 2.12. The van der Waals surface area contributed by atoms with Crippen LogP contribution in [-0.4, -0.2) is 36.1 Å². The van der Waals surface area contributed by atoms with Crippen molar-refractivity contribution in [1.82, 2.24) is 9.91 Å². The first-order valence-electron chi connectivity index (χ1n) is 5.20. The standard InChI is InChI=1S/C11H16ClN3/c12-11-3-1-10(2-4-11)9-14-5-7-15(13)8-6-14/h1-4H,5-9,13H2. The molecule has 3 nitrogen and oxygen atoms in total. The maximum atomic E-state index is 5.84. The van der Waals surface area contributed by atoms with Gasteiger partial charge in [0.05, 0.1) is 0 Å². The zero-order valence-electron chi connectivity index (χ0n) is 8.69. The third-order valence-corrected chi connectivity index (χ3v) is 2.98. The summed E-state index contributed by atoms with van der Waals surface area (Å²) in [7, 11) is 0. The second-order valence-electron chi connectivity index (χ2n) is 3.94. The van der Waals surface area contributed by atoms with E-state index in [1.165, 1.54) is 5.56 Å². The first-order valence-corrected chi connectivity index (χ1v) is 5.58. The minimum atomic E-state index is 0.797. The maximum absolute atomic E-state index is 5.84. The predicted molar refractivity (Wildman–Crippen MR) is 62.5 cm³/mol. The molecule has 0 amide bonds. The van der Waals surface area contributed by atoms with Crippen molar-refractivity contribution in [2.24, 2.45) is 5.84 Å². The van der Waals surface area contributed by atoms with Crippen molar-refractivity contribution in [3.05, 3.63) is 34.9 Å². The van der Waals surface area contributed by atoms with E-state index >= 15 is 0 Å². The molecule has 4 heteroatoms. The lowest BCUT2D eigenvalue weighted by molar-refractivity contribution is 0.128. The van der Waals surface area contributed by atoms with Crippen LogP contribution < -0.4 is 5.84 Å². The van der Waals surface area contributed by atoms with Crippen LogP contribution in [0.3, 0.4) is 0 Å². The number of nitrogens with zero attached hydrogens (tertiary/aromatic N) is 2. The highest BCUT2D eigenvalue weighted by Gasteiger charge is 2.13. The van der Waals surface area contributed by atoms with Crippen molar-refractivity contribution < 1.29 is 0 Å². The second-order valence-corrected chi connectivity index (χ2v) is 4.38. The van der Waals surface area contributed by atoms with E-state index in [0.29, 0.717) is 0 Å². The molecular weight excluding hydrogens is 210 g/mol. The van der Waals surface area contributed by atoms with E-state index in [1.807, 2.05) is 17.1 Å². The summed E-state index contributed by atoms with van der Waals surface area (Å²) < 4.78 is 0. The molecule has 1 saturated heterocycles. The fourth-order valence-corrected chi connectivity index (χ4v) is 1.90. The fourth-order valence-electron chi connectivity index (χ4n) is 1.77. The van der Waals surface area contributed by atoms with E-state index in [1.54, 1.807) is 0 Å². The van der Waals surface area contributed by atoms with E-state index in [-0.39, 0.29) is 0 Å². The maximum Gasteiger partial charge on any atom is 0.0406 e. The lowest BCUT2D eigenvalue weighted by atomic mass is 10.2. The Labute approximate surface area is 95.4 Å². The van der Waals surface area contributed by atoms with Crippen molar-refractivity contribution in [2.45, 2.75) is 6.54 Å². The summed E-state index contributed by atoms with van der Waals surface area (Å²) in [6.45, 7) is 4.98. The molecule has 0 atom stereocenters. The molecule has 0 radical (unpaired) electrons. The number of hydrogen-bond donors (Lipinski definition) is 1. The Morgan fingerprint density at radius 2 is 1.67 bits per heavy atom. The lowest BCUT2D eigenvalue weighted by Crippen LogP contribution is -2.48. The fraction of sp³-hybridized carbons (Fsp3) is 0.455. The largest absolute Gasteiger partial charge is 0.296 e. The highest BCUT2D eigenvalue weighted by molar-refractivity contribution is 6.30. The summed E-state index contributed by atoms with van der Waals surface area (Å²) in [4.78, 5) is 2.41. The molecule has 0 unspecified atom stereocenters. The Kier molecular flexibility index (Phi) is 3.59. The number of nitrogens with two attached hydrogens (primary N) is 1. The molecular formula is C11H16ClN3. The van der Waals surface area contributed by atoms with Gasteiger partial charge in [0.25, 0.3) is 0 Å². The number of halogens is 1. The average Bonchev–Trinajstić information content (AvgIpc) is 2.25. The smallest absolute Gasteiger partial charge is 0.0406 e. The van der Waals surface area contributed by atoms with Crippen LogP contribution in [0.25, 0.3) is 0 Å². The van der Waals surface area contributed by atoms with Gasteiger partial charge in [0, 0.05) is 37.7 Å². The topological polar surface area (TPSA) is 32.5 Å². The molecule has 1 heterocycles. The van der Waals surface area contributed by atoms with Crippen LogP contribution in [0, 0.1) is 0 Å². The van der Waals surface area contributed by atoms with Crippen LogP contribution in [0.4, 0.5) is 0 Å². The second kappa shape index (κ2) is 4.94. The normalized spacial score (nSPS) is 19.3. The number of hydrazine groups is 1. The first kappa shape index (κ1) is 10.9. The SMILES string of the molecule is NN1CCN(Cc2ccc(Cl)cc2)CC1. The van der Waals surface area contributed by atoms with E-state index in [9.17, 15) is 0 Å². The van der Waals surface area contributed by atoms with Crippen molar-refractivity contribution in [2.75, 3.05) is 26.2 Å². The summed E-state index contributed by atoms with van der Waals surface area (Å²) >= 11 is 5.84. The molecule has 82 valence electrons. The van der Waals surface area contributed by atoms with Gasteiger partial charge < -0.3 is 0 Å². The molecule has 1 aliphatic rings. The number of benzene rings is 1. The van der Waals surface area contributed by atoms with Crippen molar-refractivity contribution >= 4 is 11.6 Å². The Morgan fingerprint density at radius 1 is 1.07 bits per heavy atom. The van der Waals surface area contributed by atoms with Gasteiger partial charge in [-0.05, 0) is 17.7 Å². The lowest BCUT2D eigenvalue weighted by Gasteiger charge is -2.31. The van der Waals surface area contributed by atoms with Crippen LogP contribution in [0.5, 0.6) is 0 Å². The molecule has 0 spiro atoms.